The highest BCUT2D eigenvalue weighted by Gasteiger charge is 2.20. The average Bonchev–Trinajstić information content (AvgIpc) is 2.82. The van der Waals surface area contributed by atoms with E-state index in [0.29, 0.717) is 23.7 Å². The van der Waals surface area contributed by atoms with Crippen LogP contribution in [-0.4, -0.2) is 42.2 Å². The molecule has 0 aliphatic carbocycles. The van der Waals surface area contributed by atoms with E-state index in [2.05, 4.69) is 15.2 Å². The molecular formula is C12H20N4O2S. The first-order valence-electron chi connectivity index (χ1n) is 6.62. The van der Waals surface area contributed by atoms with Crippen LogP contribution in [0.15, 0.2) is 0 Å². The Balaban J connectivity index is 2.01. The first kappa shape index (κ1) is 14.1. The molecule has 0 spiro atoms. The van der Waals surface area contributed by atoms with Crippen LogP contribution in [0.4, 0.5) is 10.9 Å². The molecule has 1 aliphatic heterocycles. The molecular weight excluding hydrogens is 264 g/mol. The molecule has 4 N–H and O–H groups in total. The Morgan fingerprint density at radius 2 is 2.16 bits per heavy atom. The van der Waals surface area contributed by atoms with E-state index in [0.717, 1.165) is 31.1 Å². The van der Waals surface area contributed by atoms with Gasteiger partial charge in [-0.1, -0.05) is 11.3 Å². The zero-order chi connectivity index (χ0) is 13.7. The summed E-state index contributed by atoms with van der Waals surface area (Å²) in [4.78, 5) is 18.9. The van der Waals surface area contributed by atoms with Crippen LogP contribution in [0.25, 0.3) is 0 Å². The van der Waals surface area contributed by atoms with Crippen LogP contribution < -0.4 is 16.0 Å². The van der Waals surface area contributed by atoms with Crippen LogP contribution in [0.5, 0.6) is 0 Å². The number of aliphatic hydroxyl groups excluding tert-OH is 1. The van der Waals surface area contributed by atoms with E-state index in [4.69, 9.17) is 10.8 Å². The number of amides is 1. The van der Waals surface area contributed by atoms with Gasteiger partial charge in [0, 0.05) is 26.2 Å². The van der Waals surface area contributed by atoms with Gasteiger partial charge >= 0.3 is 0 Å². The second-order valence-corrected chi connectivity index (χ2v) is 5.57. The molecule has 1 aliphatic rings. The van der Waals surface area contributed by atoms with E-state index in [1.165, 1.54) is 17.8 Å². The molecule has 0 atom stereocenters. The van der Waals surface area contributed by atoms with Gasteiger partial charge in [0.15, 0.2) is 5.13 Å². The third kappa shape index (κ3) is 3.57. The summed E-state index contributed by atoms with van der Waals surface area (Å²) in [5.74, 6) is 0.0961. The summed E-state index contributed by atoms with van der Waals surface area (Å²) in [5, 5.41) is 12.3. The number of nitrogen functional groups attached to an aromatic ring is 1. The number of thiazole rings is 1. The number of piperidine rings is 1. The number of aromatic nitrogens is 1. The van der Waals surface area contributed by atoms with Crippen LogP contribution in [0, 0.1) is 0 Å². The molecule has 1 fully saturated rings. The quantitative estimate of drug-likeness (QED) is 0.697. The summed E-state index contributed by atoms with van der Waals surface area (Å²) in [6.07, 6.45) is 4.13. The van der Waals surface area contributed by atoms with Gasteiger partial charge in [-0.3, -0.25) is 4.79 Å². The standard InChI is InChI=1S/C12H20N4O2S/c13-10-9(11(18)14-5-4-8-17)19-12(15-10)16-6-2-1-3-7-16/h17H,1-8,13H2,(H,14,18). The lowest BCUT2D eigenvalue weighted by Gasteiger charge is -2.25. The molecule has 1 amide bonds. The number of nitrogens with one attached hydrogen (secondary N) is 1. The predicted octanol–water partition coefficient (Wildman–Crippen LogP) is 0.828. The third-order valence-electron chi connectivity index (χ3n) is 3.10. The highest BCUT2D eigenvalue weighted by Crippen LogP contribution is 2.29. The van der Waals surface area contributed by atoms with Gasteiger partial charge in [-0.15, -0.1) is 0 Å². The molecule has 0 radical (unpaired) electrons. The number of rotatable bonds is 5. The molecule has 0 aromatic carbocycles. The van der Waals surface area contributed by atoms with Crippen molar-refractivity contribution < 1.29 is 9.90 Å². The summed E-state index contributed by atoms with van der Waals surface area (Å²) in [6.45, 7) is 2.49. The SMILES string of the molecule is Nc1nc(N2CCCCC2)sc1C(=O)NCCCO. The Kier molecular flexibility index (Phi) is 4.98. The zero-order valence-electron chi connectivity index (χ0n) is 10.9. The summed E-state index contributed by atoms with van der Waals surface area (Å²) in [6, 6.07) is 0. The van der Waals surface area contributed by atoms with Crippen molar-refractivity contribution in [3.63, 3.8) is 0 Å². The fourth-order valence-electron chi connectivity index (χ4n) is 2.06. The summed E-state index contributed by atoms with van der Waals surface area (Å²) in [5.41, 5.74) is 5.82. The minimum Gasteiger partial charge on any atom is -0.396 e. The lowest BCUT2D eigenvalue weighted by Crippen LogP contribution is -2.29. The van der Waals surface area contributed by atoms with Crippen molar-refractivity contribution in [3.8, 4) is 0 Å². The summed E-state index contributed by atoms with van der Waals surface area (Å²) < 4.78 is 0. The van der Waals surface area contributed by atoms with E-state index in [9.17, 15) is 4.79 Å². The average molecular weight is 284 g/mol. The number of hydrogen-bond donors (Lipinski definition) is 3. The molecule has 2 rings (SSSR count). The highest BCUT2D eigenvalue weighted by molar-refractivity contribution is 7.18. The maximum atomic E-state index is 11.9. The van der Waals surface area contributed by atoms with Crippen molar-refractivity contribution in [2.24, 2.45) is 0 Å². The first-order valence-corrected chi connectivity index (χ1v) is 7.44. The topological polar surface area (TPSA) is 91.5 Å². The lowest BCUT2D eigenvalue weighted by atomic mass is 10.1. The molecule has 7 heteroatoms. The van der Waals surface area contributed by atoms with Crippen LogP contribution in [-0.2, 0) is 0 Å². The highest BCUT2D eigenvalue weighted by atomic mass is 32.1. The third-order valence-corrected chi connectivity index (χ3v) is 4.23. The number of aliphatic hydroxyl groups is 1. The predicted molar refractivity (Wildman–Crippen MR) is 76.6 cm³/mol. The maximum Gasteiger partial charge on any atom is 0.265 e. The monoisotopic (exact) mass is 284 g/mol. The van der Waals surface area contributed by atoms with Gasteiger partial charge in [0.2, 0.25) is 0 Å². The minimum absolute atomic E-state index is 0.0669. The van der Waals surface area contributed by atoms with Gasteiger partial charge in [0.05, 0.1) is 0 Å². The normalized spacial score (nSPS) is 15.5. The number of hydrogen-bond acceptors (Lipinski definition) is 6. The van der Waals surface area contributed by atoms with Gasteiger partial charge in [-0.2, -0.15) is 0 Å². The van der Waals surface area contributed by atoms with Crippen LogP contribution in [0.3, 0.4) is 0 Å². The smallest absolute Gasteiger partial charge is 0.265 e. The molecule has 2 heterocycles. The van der Waals surface area contributed by atoms with Gasteiger partial charge in [0.1, 0.15) is 10.7 Å². The molecule has 1 aromatic rings. The molecule has 19 heavy (non-hydrogen) atoms. The van der Waals surface area contributed by atoms with Crippen molar-refractivity contribution in [3.05, 3.63) is 4.88 Å². The Labute approximate surface area is 116 Å². The van der Waals surface area contributed by atoms with E-state index in [1.807, 2.05) is 0 Å². The minimum atomic E-state index is -0.202. The van der Waals surface area contributed by atoms with E-state index >= 15 is 0 Å². The number of nitrogens with zero attached hydrogens (tertiary/aromatic N) is 2. The number of carbonyl (C=O) groups is 1. The summed E-state index contributed by atoms with van der Waals surface area (Å²) in [7, 11) is 0. The molecule has 0 bridgehead atoms. The molecule has 0 unspecified atom stereocenters. The van der Waals surface area contributed by atoms with Crippen molar-refractivity contribution in [2.45, 2.75) is 25.7 Å². The van der Waals surface area contributed by atoms with Crippen molar-refractivity contribution in [1.82, 2.24) is 10.3 Å². The Hall–Kier alpha value is -1.34. The number of nitrogens with two attached hydrogens (primary N) is 1. The molecule has 6 nitrogen and oxygen atoms in total. The largest absolute Gasteiger partial charge is 0.396 e. The van der Waals surface area contributed by atoms with Gasteiger partial charge in [0.25, 0.3) is 5.91 Å². The number of anilines is 2. The van der Waals surface area contributed by atoms with Gasteiger partial charge in [-0.05, 0) is 25.7 Å². The van der Waals surface area contributed by atoms with Crippen molar-refractivity contribution in [2.75, 3.05) is 36.9 Å². The van der Waals surface area contributed by atoms with Crippen molar-refractivity contribution >= 4 is 28.2 Å². The molecule has 106 valence electrons. The van der Waals surface area contributed by atoms with Gasteiger partial charge in [-0.25, -0.2) is 4.98 Å². The maximum absolute atomic E-state index is 11.9. The van der Waals surface area contributed by atoms with E-state index in [1.54, 1.807) is 0 Å². The van der Waals surface area contributed by atoms with Crippen molar-refractivity contribution in [1.29, 1.82) is 0 Å². The van der Waals surface area contributed by atoms with Gasteiger partial charge < -0.3 is 21.1 Å². The Morgan fingerprint density at radius 1 is 1.42 bits per heavy atom. The van der Waals surface area contributed by atoms with E-state index in [-0.39, 0.29) is 12.5 Å². The Morgan fingerprint density at radius 3 is 2.84 bits per heavy atom. The van der Waals surface area contributed by atoms with Crippen LogP contribution in [0.1, 0.15) is 35.4 Å². The second-order valence-electron chi connectivity index (χ2n) is 4.59. The first-order chi connectivity index (χ1) is 9.22. The molecule has 1 saturated heterocycles. The summed E-state index contributed by atoms with van der Waals surface area (Å²) >= 11 is 1.35. The second kappa shape index (κ2) is 6.72. The fraction of sp³-hybridized carbons (Fsp3) is 0.667. The Bertz CT molecular complexity index is 429. The van der Waals surface area contributed by atoms with Crippen LogP contribution >= 0.6 is 11.3 Å². The lowest BCUT2D eigenvalue weighted by molar-refractivity contribution is 0.0956. The molecule has 1 aromatic heterocycles. The molecule has 0 saturated carbocycles. The fourth-order valence-corrected chi connectivity index (χ4v) is 3.02. The zero-order valence-corrected chi connectivity index (χ0v) is 11.7. The van der Waals surface area contributed by atoms with Crippen LogP contribution in [0.2, 0.25) is 0 Å². The number of carbonyl (C=O) groups excluding carboxylic acids is 1. The van der Waals surface area contributed by atoms with E-state index < -0.39 is 0 Å².